The highest BCUT2D eigenvalue weighted by atomic mass is 15.3. The number of hydrogen-bond acceptors (Lipinski definition) is 3. The first kappa shape index (κ1) is 13.7. The van der Waals surface area contributed by atoms with Crippen molar-refractivity contribution < 1.29 is 0 Å². The van der Waals surface area contributed by atoms with Gasteiger partial charge in [-0.1, -0.05) is 45.0 Å². The van der Waals surface area contributed by atoms with Gasteiger partial charge in [0, 0.05) is 13.1 Å². The molecule has 0 saturated heterocycles. The van der Waals surface area contributed by atoms with E-state index in [1.807, 2.05) is 4.68 Å². The average molecular weight is 258 g/mol. The van der Waals surface area contributed by atoms with Crippen LogP contribution in [-0.4, -0.2) is 21.3 Å². The fourth-order valence-electron chi connectivity index (χ4n) is 1.85. The van der Waals surface area contributed by atoms with Crippen LogP contribution in [0.5, 0.6) is 0 Å². The largest absolute Gasteiger partial charge is 0.312 e. The molecule has 4 nitrogen and oxygen atoms in total. The van der Waals surface area contributed by atoms with Gasteiger partial charge in [-0.3, -0.25) is 0 Å². The summed E-state index contributed by atoms with van der Waals surface area (Å²) in [5, 5.41) is 7.58. The van der Waals surface area contributed by atoms with Crippen LogP contribution in [0.15, 0.2) is 36.9 Å². The summed E-state index contributed by atoms with van der Waals surface area (Å²) in [6.45, 7) is 9.42. The average Bonchev–Trinajstić information content (AvgIpc) is 2.83. The lowest BCUT2D eigenvalue weighted by atomic mass is 9.97. The molecule has 0 saturated carbocycles. The zero-order valence-electron chi connectivity index (χ0n) is 11.9. The van der Waals surface area contributed by atoms with E-state index in [-0.39, 0.29) is 0 Å². The monoisotopic (exact) mass is 258 g/mol. The minimum atomic E-state index is 0.326. The van der Waals surface area contributed by atoms with E-state index in [4.69, 9.17) is 0 Å². The first-order valence-corrected chi connectivity index (χ1v) is 6.64. The zero-order chi connectivity index (χ0) is 13.7. The summed E-state index contributed by atoms with van der Waals surface area (Å²) >= 11 is 0. The molecular formula is C15H22N4. The molecule has 0 atom stereocenters. The lowest BCUT2D eigenvalue weighted by molar-refractivity contribution is 0.379. The van der Waals surface area contributed by atoms with Crippen LogP contribution in [0.1, 0.15) is 31.9 Å². The van der Waals surface area contributed by atoms with Crippen LogP contribution in [0.25, 0.3) is 0 Å². The molecule has 102 valence electrons. The second kappa shape index (κ2) is 5.97. The van der Waals surface area contributed by atoms with Gasteiger partial charge >= 0.3 is 0 Å². The van der Waals surface area contributed by atoms with Crippen molar-refractivity contribution in [3.8, 4) is 0 Å². The van der Waals surface area contributed by atoms with Gasteiger partial charge in [0.25, 0.3) is 0 Å². The molecule has 1 heterocycles. The molecule has 1 N–H and O–H groups in total. The summed E-state index contributed by atoms with van der Waals surface area (Å²) in [6.07, 6.45) is 3.30. The Balaban J connectivity index is 1.84. The maximum atomic E-state index is 4.10. The summed E-state index contributed by atoms with van der Waals surface area (Å²) < 4.78 is 1.83. The van der Waals surface area contributed by atoms with Gasteiger partial charge in [-0.05, 0) is 16.5 Å². The van der Waals surface area contributed by atoms with Gasteiger partial charge in [0.15, 0.2) is 0 Å². The van der Waals surface area contributed by atoms with Crippen LogP contribution in [0.3, 0.4) is 0 Å². The van der Waals surface area contributed by atoms with Crippen LogP contribution in [0.2, 0.25) is 0 Å². The van der Waals surface area contributed by atoms with Crippen molar-refractivity contribution in [2.24, 2.45) is 5.41 Å². The predicted octanol–water partition coefficient (Wildman–Crippen LogP) is 2.46. The molecule has 0 unspecified atom stereocenters. The minimum absolute atomic E-state index is 0.326. The molecule has 0 radical (unpaired) electrons. The minimum Gasteiger partial charge on any atom is -0.312 e. The predicted molar refractivity (Wildman–Crippen MR) is 76.7 cm³/mol. The van der Waals surface area contributed by atoms with Gasteiger partial charge in [-0.15, -0.1) is 0 Å². The highest BCUT2D eigenvalue weighted by molar-refractivity contribution is 5.22. The lowest BCUT2D eigenvalue weighted by Crippen LogP contribution is -2.26. The SMILES string of the molecule is CC(C)(C)CNCc1ccc(Cn2cncn2)cc1. The molecule has 1 aromatic carbocycles. The van der Waals surface area contributed by atoms with Crippen molar-refractivity contribution in [1.82, 2.24) is 20.1 Å². The molecule has 0 aliphatic carbocycles. The fraction of sp³-hybridized carbons (Fsp3) is 0.467. The molecule has 0 amide bonds. The van der Waals surface area contributed by atoms with Gasteiger partial charge in [-0.25, -0.2) is 9.67 Å². The third kappa shape index (κ3) is 4.83. The first-order chi connectivity index (χ1) is 9.03. The van der Waals surface area contributed by atoms with Crippen molar-refractivity contribution >= 4 is 0 Å². The summed E-state index contributed by atoms with van der Waals surface area (Å²) in [5.41, 5.74) is 2.88. The van der Waals surface area contributed by atoms with Crippen LogP contribution in [0, 0.1) is 5.41 Å². The van der Waals surface area contributed by atoms with Crippen molar-refractivity contribution in [1.29, 1.82) is 0 Å². The molecule has 1 aromatic heterocycles. The van der Waals surface area contributed by atoms with Crippen LogP contribution >= 0.6 is 0 Å². The van der Waals surface area contributed by atoms with Crippen LogP contribution in [0.4, 0.5) is 0 Å². The van der Waals surface area contributed by atoms with Crippen LogP contribution in [-0.2, 0) is 13.1 Å². The summed E-state index contributed by atoms with van der Waals surface area (Å²) in [4.78, 5) is 3.94. The van der Waals surface area contributed by atoms with E-state index in [9.17, 15) is 0 Å². The molecule has 2 rings (SSSR count). The number of hydrogen-bond donors (Lipinski definition) is 1. The Morgan fingerprint density at radius 1 is 1.11 bits per heavy atom. The van der Waals surface area contributed by atoms with E-state index in [1.54, 1.807) is 12.7 Å². The molecule has 0 spiro atoms. The molecular weight excluding hydrogens is 236 g/mol. The van der Waals surface area contributed by atoms with E-state index < -0.39 is 0 Å². The number of benzene rings is 1. The summed E-state index contributed by atoms with van der Waals surface area (Å²) in [7, 11) is 0. The number of nitrogens with one attached hydrogen (secondary N) is 1. The molecule has 0 aliphatic heterocycles. The molecule has 4 heteroatoms. The summed E-state index contributed by atoms with van der Waals surface area (Å²) in [6, 6.07) is 8.63. The third-order valence-electron chi connectivity index (χ3n) is 2.82. The highest BCUT2D eigenvalue weighted by Crippen LogP contribution is 2.11. The standard InChI is InChI=1S/C15H22N4/c1-15(2,3)10-16-8-13-4-6-14(7-5-13)9-19-12-17-11-18-19/h4-7,11-12,16H,8-10H2,1-3H3. The molecule has 0 bridgehead atoms. The Kier molecular flexibility index (Phi) is 4.32. The van der Waals surface area contributed by atoms with E-state index in [1.165, 1.54) is 11.1 Å². The Bertz CT molecular complexity index is 480. The second-order valence-corrected chi connectivity index (χ2v) is 6.07. The van der Waals surface area contributed by atoms with Gasteiger partial charge in [0.1, 0.15) is 12.7 Å². The van der Waals surface area contributed by atoms with E-state index >= 15 is 0 Å². The van der Waals surface area contributed by atoms with E-state index in [2.05, 4.69) is 60.4 Å². The van der Waals surface area contributed by atoms with Crippen molar-refractivity contribution in [3.63, 3.8) is 0 Å². The number of aromatic nitrogens is 3. The number of rotatable bonds is 5. The van der Waals surface area contributed by atoms with Gasteiger partial charge in [0.05, 0.1) is 6.54 Å². The van der Waals surface area contributed by atoms with Gasteiger partial charge < -0.3 is 5.32 Å². The Labute approximate surface area is 114 Å². The zero-order valence-corrected chi connectivity index (χ0v) is 11.9. The van der Waals surface area contributed by atoms with Crippen LogP contribution < -0.4 is 5.32 Å². The third-order valence-corrected chi connectivity index (χ3v) is 2.82. The van der Waals surface area contributed by atoms with Crippen molar-refractivity contribution in [2.45, 2.75) is 33.9 Å². The molecule has 19 heavy (non-hydrogen) atoms. The Hall–Kier alpha value is -1.68. The topological polar surface area (TPSA) is 42.7 Å². The Morgan fingerprint density at radius 3 is 2.37 bits per heavy atom. The van der Waals surface area contributed by atoms with Crippen molar-refractivity contribution in [3.05, 3.63) is 48.0 Å². The number of nitrogens with zero attached hydrogens (tertiary/aromatic N) is 3. The molecule has 2 aromatic rings. The van der Waals surface area contributed by atoms with Gasteiger partial charge in [0.2, 0.25) is 0 Å². The van der Waals surface area contributed by atoms with Crippen molar-refractivity contribution in [2.75, 3.05) is 6.54 Å². The van der Waals surface area contributed by atoms with E-state index in [0.717, 1.165) is 19.6 Å². The first-order valence-electron chi connectivity index (χ1n) is 6.64. The normalized spacial score (nSPS) is 11.7. The summed E-state index contributed by atoms with van der Waals surface area (Å²) in [5.74, 6) is 0. The Morgan fingerprint density at radius 2 is 1.79 bits per heavy atom. The maximum absolute atomic E-state index is 4.10. The lowest BCUT2D eigenvalue weighted by Gasteiger charge is -2.18. The quantitative estimate of drug-likeness (QED) is 0.896. The fourth-order valence-corrected chi connectivity index (χ4v) is 1.85. The smallest absolute Gasteiger partial charge is 0.137 e. The van der Waals surface area contributed by atoms with Gasteiger partial charge in [-0.2, -0.15) is 5.10 Å². The molecule has 0 fully saturated rings. The molecule has 0 aliphatic rings. The van der Waals surface area contributed by atoms with E-state index in [0.29, 0.717) is 5.41 Å². The maximum Gasteiger partial charge on any atom is 0.137 e. The highest BCUT2D eigenvalue weighted by Gasteiger charge is 2.08. The second-order valence-electron chi connectivity index (χ2n) is 6.07.